The zero-order valence-electron chi connectivity index (χ0n) is 8.71. The van der Waals surface area contributed by atoms with E-state index < -0.39 is 24.6 Å². The van der Waals surface area contributed by atoms with Crippen LogP contribution in [0.25, 0.3) is 0 Å². The highest BCUT2D eigenvalue weighted by molar-refractivity contribution is 5.85. The lowest BCUT2D eigenvalue weighted by Gasteiger charge is -2.20. The summed E-state index contributed by atoms with van der Waals surface area (Å²) in [6.45, 7) is 3.66. The van der Waals surface area contributed by atoms with Crippen molar-refractivity contribution in [1.82, 2.24) is 4.90 Å². The standard InChI is InChI=1S/C9H12F3NO3/c1-3-5-13(6-7(14)16-4-2)8(15)9(10,11)12/h3H,1,4-6H2,2H3. The van der Waals surface area contributed by atoms with Gasteiger partial charge in [0, 0.05) is 6.54 Å². The Hall–Kier alpha value is -1.53. The van der Waals surface area contributed by atoms with Crippen molar-refractivity contribution in [3.8, 4) is 0 Å². The molecule has 0 radical (unpaired) electrons. The molecule has 4 nitrogen and oxygen atoms in total. The van der Waals surface area contributed by atoms with Crippen LogP contribution in [0.4, 0.5) is 13.2 Å². The average molecular weight is 239 g/mol. The minimum Gasteiger partial charge on any atom is -0.465 e. The van der Waals surface area contributed by atoms with Crippen molar-refractivity contribution >= 4 is 11.9 Å². The van der Waals surface area contributed by atoms with Crippen LogP contribution in [0.5, 0.6) is 0 Å². The van der Waals surface area contributed by atoms with E-state index in [0.717, 1.165) is 6.08 Å². The molecule has 0 unspecified atom stereocenters. The first-order chi connectivity index (χ1) is 7.32. The maximum Gasteiger partial charge on any atom is 0.471 e. The van der Waals surface area contributed by atoms with Gasteiger partial charge in [0.2, 0.25) is 0 Å². The minimum absolute atomic E-state index is 0.0426. The molecule has 0 atom stereocenters. The Morgan fingerprint density at radius 3 is 2.38 bits per heavy atom. The van der Waals surface area contributed by atoms with E-state index in [-0.39, 0.29) is 13.2 Å². The monoisotopic (exact) mass is 239 g/mol. The third kappa shape index (κ3) is 4.81. The molecule has 0 aliphatic heterocycles. The lowest BCUT2D eigenvalue weighted by Crippen LogP contribution is -2.44. The summed E-state index contributed by atoms with van der Waals surface area (Å²) in [5, 5.41) is 0. The number of halogens is 3. The van der Waals surface area contributed by atoms with Gasteiger partial charge in [-0.15, -0.1) is 6.58 Å². The number of amides is 1. The molecule has 0 aromatic rings. The number of rotatable bonds is 5. The summed E-state index contributed by atoms with van der Waals surface area (Å²) >= 11 is 0. The molecule has 0 aromatic carbocycles. The molecule has 0 spiro atoms. The molecule has 0 aliphatic carbocycles. The first-order valence-electron chi connectivity index (χ1n) is 4.45. The molecular weight excluding hydrogens is 227 g/mol. The van der Waals surface area contributed by atoms with Crippen LogP contribution in [-0.4, -0.2) is 42.6 Å². The predicted octanol–water partition coefficient (Wildman–Crippen LogP) is 1.13. The summed E-state index contributed by atoms with van der Waals surface area (Å²) in [6.07, 6.45) is -3.90. The minimum atomic E-state index is -5.00. The van der Waals surface area contributed by atoms with Crippen molar-refractivity contribution in [2.75, 3.05) is 19.7 Å². The second kappa shape index (κ2) is 6.14. The Balaban J connectivity index is 4.55. The van der Waals surface area contributed by atoms with Crippen LogP contribution < -0.4 is 0 Å². The summed E-state index contributed by atoms with van der Waals surface area (Å²) in [5.74, 6) is -2.97. The SMILES string of the molecule is C=CCN(CC(=O)OCC)C(=O)C(F)(F)F. The lowest BCUT2D eigenvalue weighted by molar-refractivity contribution is -0.186. The fraction of sp³-hybridized carbons (Fsp3) is 0.556. The molecule has 92 valence electrons. The maximum absolute atomic E-state index is 12.1. The van der Waals surface area contributed by atoms with Crippen LogP contribution in [0.3, 0.4) is 0 Å². The van der Waals surface area contributed by atoms with E-state index in [9.17, 15) is 22.8 Å². The van der Waals surface area contributed by atoms with Crippen molar-refractivity contribution in [2.24, 2.45) is 0 Å². The first kappa shape index (κ1) is 14.5. The number of hydrogen-bond donors (Lipinski definition) is 0. The highest BCUT2D eigenvalue weighted by atomic mass is 19.4. The summed E-state index contributed by atoms with van der Waals surface area (Å²) in [5.41, 5.74) is 0. The smallest absolute Gasteiger partial charge is 0.465 e. The topological polar surface area (TPSA) is 46.6 Å². The Kier molecular flexibility index (Phi) is 5.55. The van der Waals surface area contributed by atoms with Gasteiger partial charge in [-0.25, -0.2) is 0 Å². The van der Waals surface area contributed by atoms with Gasteiger partial charge >= 0.3 is 18.1 Å². The molecular formula is C9H12F3NO3. The van der Waals surface area contributed by atoms with E-state index >= 15 is 0 Å². The summed E-state index contributed by atoms with van der Waals surface area (Å²) in [6, 6.07) is 0. The van der Waals surface area contributed by atoms with E-state index in [1.165, 1.54) is 6.92 Å². The maximum atomic E-state index is 12.1. The highest BCUT2D eigenvalue weighted by Crippen LogP contribution is 2.18. The molecule has 0 heterocycles. The Morgan fingerprint density at radius 2 is 2.00 bits per heavy atom. The van der Waals surface area contributed by atoms with Gasteiger partial charge < -0.3 is 9.64 Å². The Bertz CT molecular complexity index is 276. The number of alkyl halides is 3. The Morgan fingerprint density at radius 1 is 1.44 bits per heavy atom. The molecule has 0 fully saturated rings. The number of ether oxygens (including phenoxy) is 1. The Labute approximate surface area is 90.7 Å². The van der Waals surface area contributed by atoms with Gasteiger partial charge in [-0.3, -0.25) is 9.59 Å². The van der Waals surface area contributed by atoms with Crippen LogP contribution in [-0.2, 0) is 14.3 Å². The van der Waals surface area contributed by atoms with Crippen molar-refractivity contribution < 1.29 is 27.5 Å². The number of nitrogens with zero attached hydrogens (tertiary/aromatic N) is 1. The molecule has 0 N–H and O–H groups in total. The second-order valence-electron chi connectivity index (χ2n) is 2.78. The predicted molar refractivity (Wildman–Crippen MR) is 49.5 cm³/mol. The van der Waals surface area contributed by atoms with E-state index in [4.69, 9.17) is 0 Å². The molecule has 0 saturated heterocycles. The van der Waals surface area contributed by atoms with Crippen LogP contribution in [0, 0.1) is 0 Å². The molecule has 0 rings (SSSR count). The number of hydrogen-bond acceptors (Lipinski definition) is 3. The fourth-order valence-corrected chi connectivity index (χ4v) is 0.917. The van der Waals surface area contributed by atoms with E-state index in [1.807, 2.05) is 0 Å². The van der Waals surface area contributed by atoms with Gasteiger partial charge in [0.15, 0.2) is 0 Å². The number of esters is 1. The van der Waals surface area contributed by atoms with Gasteiger partial charge in [-0.1, -0.05) is 6.08 Å². The van der Waals surface area contributed by atoms with E-state index in [2.05, 4.69) is 11.3 Å². The van der Waals surface area contributed by atoms with E-state index in [1.54, 1.807) is 0 Å². The van der Waals surface area contributed by atoms with Crippen molar-refractivity contribution in [3.63, 3.8) is 0 Å². The van der Waals surface area contributed by atoms with Gasteiger partial charge in [-0.05, 0) is 6.92 Å². The van der Waals surface area contributed by atoms with Crippen molar-refractivity contribution in [3.05, 3.63) is 12.7 Å². The molecule has 16 heavy (non-hydrogen) atoms. The third-order valence-electron chi connectivity index (χ3n) is 1.50. The quantitative estimate of drug-likeness (QED) is 0.533. The van der Waals surface area contributed by atoms with E-state index in [0.29, 0.717) is 4.90 Å². The van der Waals surface area contributed by atoms with Gasteiger partial charge in [-0.2, -0.15) is 13.2 Å². The normalized spacial score (nSPS) is 10.8. The zero-order valence-corrected chi connectivity index (χ0v) is 8.71. The molecule has 0 bridgehead atoms. The molecule has 7 heteroatoms. The zero-order chi connectivity index (χ0) is 12.8. The number of carbonyl (C=O) groups is 2. The molecule has 0 saturated carbocycles. The third-order valence-corrected chi connectivity index (χ3v) is 1.50. The van der Waals surface area contributed by atoms with Crippen LogP contribution in [0.2, 0.25) is 0 Å². The van der Waals surface area contributed by atoms with Crippen LogP contribution in [0.1, 0.15) is 6.92 Å². The van der Waals surface area contributed by atoms with Gasteiger partial charge in [0.25, 0.3) is 0 Å². The van der Waals surface area contributed by atoms with Gasteiger partial charge in [0.1, 0.15) is 6.54 Å². The van der Waals surface area contributed by atoms with Crippen molar-refractivity contribution in [2.45, 2.75) is 13.1 Å². The molecule has 0 aliphatic rings. The molecule has 0 aromatic heterocycles. The summed E-state index contributed by atoms with van der Waals surface area (Å²) in [7, 11) is 0. The van der Waals surface area contributed by atoms with Gasteiger partial charge in [0.05, 0.1) is 6.61 Å². The number of carbonyl (C=O) groups excluding carboxylic acids is 2. The van der Waals surface area contributed by atoms with Crippen LogP contribution in [0.15, 0.2) is 12.7 Å². The largest absolute Gasteiger partial charge is 0.471 e. The first-order valence-corrected chi connectivity index (χ1v) is 4.45. The fourth-order valence-electron chi connectivity index (χ4n) is 0.917. The second-order valence-corrected chi connectivity index (χ2v) is 2.78. The summed E-state index contributed by atoms with van der Waals surface area (Å²) < 4.78 is 40.7. The summed E-state index contributed by atoms with van der Waals surface area (Å²) in [4.78, 5) is 22.1. The average Bonchev–Trinajstić information content (AvgIpc) is 2.15. The highest BCUT2D eigenvalue weighted by Gasteiger charge is 2.42. The molecule has 1 amide bonds. The van der Waals surface area contributed by atoms with Crippen LogP contribution >= 0.6 is 0 Å². The van der Waals surface area contributed by atoms with Crippen molar-refractivity contribution in [1.29, 1.82) is 0 Å². The lowest BCUT2D eigenvalue weighted by atomic mass is 10.4.